The van der Waals surface area contributed by atoms with Crippen molar-refractivity contribution >= 4 is 17.5 Å². The molecule has 1 heterocycles. The lowest BCUT2D eigenvalue weighted by atomic mass is 10.2. The molecule has 5 nitrogen and oxygen atoms in total. The van der Waals surface area contributed by atoms with Crippen LogP contribution in [0.15, 0.2) is 12.4 Å². The second-order valence-corrected chi connectivity index (χ2v) is 3.65. The summed E-state index contributed by atoms with van der Waals surface area (Å²) in [6.45, 7) is 0.751. The average molecular weight is 244 g/mol. The lowest BCUT2D eigenvalue weighted by Gasteiger charge is -2.03. The molecule has 1 rings (SSSR count). The minimum Gasteiger partial charge on any atom is -0.396 e. The number of hydrogen-bond donors (Lipinski definition) is 2. The number of nitrogens with zero attached hydrogens (tertiary/aromatic N) is 2. The van der Waals surface area contributed by atoms with Gasteiger partial charge in [-0.15, -0.1) is 0 Å². The van der Waals surface area contributed by atoms with Crippen molar-refractivity contribution in [3.05, 3.63) is 23.2 Å². The van der Waals surface area contributed by atoms with Crippen LogP contribution in [-0.2, 0) is 0 Å². The molecule has 1 aromatic rings. The van der Waals surface area contributed by atoms with Gasteiger partial charge in [-0.1, -0.05) is 11.6 Å². The fraction of sp³-hybridized carbons (Fsp3) is 0.500. The average Bonchev–Trinajstić information content (AvgIpc) is 2.28. The number of aliphatic hydroxyl groups is 1. The molecule has 0 saturated heterocycles. The number of carbonyl (C=O) groups is 1. The smallest absolute Gasteiger partial charge is 0.271 e. The van der Waals surface area contributed by atoms with Gasteiger partial charge < -0.3 is 10.4 Å². The molecule has 16 heavy (non-hydrogen) atoms. The molecule has 0 saturated carbocycles. The maximum atomic E-state index is 11.5. The van der Waals surface area contributed by atoms with Crippen molar-refractivity contribution in [1.82, 2.24) is 15.3 Å². The van der Waals surface area contributed by atoms with Crippen molar-refractivity contribution in [2.75, 3.05) is 13.2 Å². The summed E-state index contributed by atoms with van der Waals surface area (Å²) in [5, 5.41) is 11.5. The molecule has 0 spiro atoms. The Morgan fingerprint density at radius 1 is 1.38 bits per heavy atom. The van der Waals surface area contributed by atoms with Gasteiger partial charge in [0, 0.05) is 13.2 Å². The predicted octanol–water partition coefficient (Wildman–Crippen LogP) is 1.02. The Kier molecular flexibility index (Phi) is 5.74. The Balaban J connectivity index is 2.30. The molecule has 1 aromatic heterocycles. The van der Waals surface area contributed by atoms with Crippen molar-refractivity contribution in [1.29, 1.82) is 0 Å². The van der Waals surface area contributed by atoms with Gasteiger partial charge in [0.05, 0.1) is 12.4 Å². The molecule has 0 radical (unpaired) electrons. The van der Waals surface area contributed by atoms with Gasteiger partial charge in [-0.05, 0) is 19.3 Å². The highest BCUT2D eigenvalue weighted by molar-refractivity contribution is 6.29. The van der Waals surface area contributed by atoms with E-state index in [0.717, 1.165) is 19.3 Å². The second-order valence-electron chi connectivity index (χ2n) is 3.27. The van der Waals surface area contributed by atoms with E-state index in [9.17, 15) is 4.79 Å². The first kappa shape index (κ1) is 12.9. The number of aromatic nitrogens is 2. The molecule has 0 bridgehead atoms. The normalized spacial score (nSPS) is 10.1. The van der Waals surface area contributed by atoms with E-state index >= 15 is 0 Å². The van der Waals surface area contributed by atoms with Crippen molar-refractivity contribution < 1.29 is 9.90 Å². The molecule has 0 aromatic carbocycles. The fourth-order valence-corrected chi connectivity index (χ4v) is 1.31. The minimum absolute atomic E-state index is 0.188. The molecule has 88 valence electrons. The summed E-state index contributed by atoms with van der Waals surface area (Å²) in [5.41, 5.74) is 0.217. The van der Waals surface area contributed by atoms with Crippen LogP contribution in [0.2, 0.25) is 5.15 Å². The monoisotopic (exact) mass is 243 g/mol. The first-order valence-electron chi connectivity index (χ1n) is 5.10. The molecule has 0 fully saturated rings. The SMILES string of the molecule is O=C(NCCCCCO)c1cncc(Cl)n1. The number of halogens is 1. The van der Waals surface area contributed by atoms with Crippen LogP contribution in [0.4, 0.5) is 0 Å². The minimum atomic E-state index is -0.279. The van der Waals surface area contributed by atoms with Crippen molar-refractivity contribution in [3.63, 3.8) is 0 Å². The van der Waals surface area contributed by atoms with E-state index in [1.54, 1.807) is 0 Å². The van der Waals surface area contributed by atoms with Crippen LogP contribution in [0.3, 0.4) is 0 Å². The highest BCUT2D eigenvalue weighted by atomic mass is 35.5. The predicted molar refractivity (Wildman–Crippen MR) is 60.3 cm³/mol. The van der Waals surface area contributed by atoms with E-state index < -0.39 is 0 Å². The summed E-state index contributed by atoms with van der Waals surface area (Å²) < 4.78 is 0. The largest absolute Gasteiger partial charge is 0.396 e. The summed E-state index contributed by atoms with van der Waals surface area (Å²) in [5.74, 6) is -0.279. The zero-order valence-electron chi connectivity index (χ0n) is 8.82. The second kappa shape index (κ2) is 7.14. The van der Waals surface area contributed by atoms with E-state index in [0.29, 0.717) is 6.54 Å². The van der Waals surface area contributed by atoms with Crippen LogP contribution < -0.4 is 5.32 Å². The summed E-state index contributed by atoms with van der Waals surface area (Å²) in [6.07, 6.45) is 5.22. The summed E-state index contributed by atoms with van der Waals surface area (Å²) >= 11 is 5.61. The van der Waals surface area contributed by atoms with Gasteiger partial charge in [-0.25, -0.2) is 4.98 Å². The third-order valence-corrected chi connectivity index (χ3v) is 2.14. The Labute approximate surface area is 98.9 Å². The number of hydrogen-bond acceptors (Lipinski definition) is 4. The quantitative estimate of drug-likeness (QED) is 0.732. The van der Waals surface area contributed by atoms with E-state index in [1.165, 1.54) is 12.4 Å². The first-order chi connectivity index (χ1) is 7.74. The van der Waals surface area contributed by atoms with Gasteiger partial charge >= 0.3 is 0 Å². The number of rotatable bonds is 6. The molecule has 1 amide bonds. The number of unbranched alkanes of at least 4 members (excludes halogenated alkanes) is 2. The fourth-order valence-electron chi connectivity index (χ4n) is 1.16. The van der Waals surface area contributed by atoms with E-state index in [1.807, 2.05) is 0 Å². The Bertz CT molecular complexity index is 347. The molecule has 0 aliphatic heterocycles. The van der Waals surface area contributed by atoms with Gasteiger partial charge in [-0.2, -0.15) is 0 Å². The Hall–Kier alpha value is -1.20. The number of aliphatic hydroxyl groups excluding tert-OH is 1. The third-order valence-electron chi connectivity index (χ3n) is 1.96. The zero-order chi connectivity index (χ0) is 11.8. The molecular formula is C10H14ClN3O2. The maximum Gasteiger partial charge on any atom is 0.271 e. The van der Waals surface area contributed by atoms with Gasteiger partial charge in [-0.3, -0.25) is 9.78 Å². The summed E-state index contributed by atoms with van der Waals surface area (Å²) in [7, 11) is 0. The maximum absolute atomic E-state index is 11.5. The number of carbonyl (C=O) groups excluding carboxylic acids is 1. The topological polar surface area (TPSA) is 75.1 Å². The van der Waals surface area contributed by atoms with Crippen molar-refractivity contribution in [2.45, 2.75) is 19.3 Å². The van der Waals surface area contributed by atoms with Gasteiger partial charge in [0.25, 0.3) is 5.91 Å². The summed E-state index contributed by atoms with van der Waals surface area (Å²) in [6, 6.07) is 0. The van der Waals surface area contributed by atoms with Crippen molar-refractivity contribution in [3.8, 4) is 0 Å². The number of amides is 1. The molecule has 2 N–H and O–H groups in total. The van der Waals surface area contributed by atoms with Crippen LogP contribution in [0, 0.1) is 0 Å². The Morgan fingerprint density at radius 3 is 2.88 bits per heavy atom. The summed E-state index contributed by atoms with van der Waals surface area (Å²) in [4.78, 5) is 19.1. The molecule has 0 aliphatic carbocycles. The van der Waals surface area contributed by atoms with Crippen LogP contribution >= 0.6 is 11.6 Å². The van der Waals surface area contributed by atoms with Gasteiger partial charge in [0.1, 0.15) is 10.8 Å². The van der Waals surface area contributed by atoms with Crippen LogP contribution in [-0.4, -0.2) is 34.1 Å². The van der Waals surface area contributed by atoms with E-state index in [4.69, 9.17) is 16.7 Å². The third kappa shape index (κ3) is 4.55. The molecular weight excluding hydrogens is 230 g/mol. The highest BCUT2D eigenvalue weighted by Gasteiger charge is 2.06. The van der Waals surface area contributed by atoms with Crippen LogP contribution in [0.25, 0.3) is 0 Å². The van der Waals surface area contributed by atoms with Gasteiger partial charge in [0.2, 0.25) is 0 Å². The van der Waals surface area contributed by atoms with Gasteiger partial charge in [0.15, 0.2) is 0 Å². The van der Waals surface area contributed by atoms with Crippen LogP contribution in [0.5, 0.6) is 0 Å². The molecule has 6 heteroatoms. The van der Waals surface area contributed by atoms with E-state index in [2.05, 4.69) is 15.3 Å². The van der Waals surface area contributed by atoms with Crippen LogP contribution in [0.1, 0.15) is 29.8 Å². The number of nitrogens with one attached hydrogen (secondary N) is 1. The lowest BCUT2D eigenvalue weighted by Crippen LogP contribution is -2.25. The standard InChI is InChI=1S/C10H14ClN3O2/c11-9-7-12-6-8(14-9)10(16)13-4-2-1-3-5-15/h6-7,15H,1-5H2,(H,13,16). The zero-order valence-corrected chi connectivity index (χ0v) is 9.57. The first-order valence-corrected chi connectivity index (χ1v) is 5.48. The van der Waals surface area contributed by atoms with Crippen molar-refractivity contribution in [2.24, 2.45) is 0 Å². The molecule has 0 atom stereocenters. The molecule has 0 aliphatic rings. The highest BCUT2D eigenvalue weighted by Crippen LogP contribution is 2.02. The molecule has 0 unspecified atom stereocenters. The lowest BCUT2D eigenvalue weighted by molar-refractivity contribution is 0.0947. The van der Waals surface area contributed by atoms with E-state index in [-0.39, 0.29) is 23.4 Å². The Morgan fingerprint density at radius 2 is 2.19 bits per heavy atom.